The molecule has 12 rings (SSSR count). The maximum Gasteiger partial charge on any atom is 0.0547 e. The molecule has 272 valence electrons. The molecule has 3 heterocycles. The molecule has 1 aliphatic heterocycles. The van der Waals surface area contributed by atoms with E-state index < -0.39 is 0 Å². The average Bonchev–Trinajstić information content (AvgIpc) is 3.81. The van der Waals surface area contributed by atoms with E-state index in [1.165, 1.54) is 65.5 Å². The van der Waals surface area contributed by atoms with Crippen LogP contribution in [0.3, 0.4) is 0 Å². The second-order valence-electron chi connectivity index (χ2n) is 15.2. The van der Waals surface area contributed by atoms with E-state index in [4.69, 9.17) is 10.3 Å². The molecular weight excluding hydrogens is 705 g/mol. The first-order chi connectivity index (χ1) is 28.8. The fraction of sp³-hybridized carbons (Fsp3) is 0.0185. The van der Waals surface area contributed by atoms with Crippen LogP contribution >= 0.6 is 0 Å². The van der Waals surface area contributed by atoms with Gasteiger partial charge in [-0.15, -0.1) is 0 Å². The van der Waals surface area contributed by atoms with E-state index in [0.29, 0.717) is 0 Å². The van der Waals surface area contributed by atoms with Crippen LogP contribution in [-0.4, -0.2) is 15.0 Å². The van der Waals surface area contributed by atoms with E-state index in [-0.39, 0.29) is 6.04 Å². The van der Waals surface area contributed by atoms with Crippen LogP contribution in [0.4, 0.5) is 5.69 Å². The molecule has 58 heavy (non-hydrogen) atoms. The van der Waals surface area contributed by atoms with Crippen molar-refractivity contribution in [3.05, 3.63) is 228 Å². The highest BCUT2D eigenvalue weighted by molar-refractivity contribution is 6.14. The maximum atomic E-state index is 5.42. The van der Waals surface area contributed by atoms with Gasteiger partial charge >= 0.3 is 0 Å². The Labute approximate surface area is 335 Å². The van der Waals surface area contributed by atoms with Crippen molar-refractivity contribution in [1.82, 2.24) is 9.13 Å². The largest absolute Gasteiger partial charge is 0.453 e. The van der Waals surface area contributed by atoms with Crippen molar-refractivity contribution in [2.24, 2.45) is 4.99 Å². The van der Waals surface area contributed by atoms with E-state index >= 15 is 0 Å². The van der Waals surface area contributed by atoms with Gasteiger partial charge < -0.3 is 19.4 Å². The molecule has 4 nitrogen and oxygen atoms in total. The Hall–Kier alpha value is -7.69. The van der Waals surface area contributed by atoms with Crippen molar-refractivity contribution >= 4 is 65.9 Å². The highest BCUT2D eigenvalue weighted by Gasteiger charge is 2.22. The topological polar surface area (TPSA) is 36.3 Å². The molecule has 0 bridgehead atoms. The number of rotatable bonds is 5. The van der Waals surface area contributed by atoms with Crippen LogP contribution in [0.1, 0.15) is 22.7 Å². The van der Waals surface area contributed by atoms with Crippen molar-refractivity contribution in [2.45, 2.75) is 6.04 Å². The van der Waals surface area contributed by atoms with Crippen molar-refractivity contribution in [3.8, 4) is 22.5 Å². The molecule has 2 aromatic heterocycles. The van der Waals surface area contributed by atoms with Crippen LogP contribution in [0, 0.1) is 0 Å². The van der Waals surface area contributed by atoms with Gasteiger partial charge in [-0.1, -0.05) is 157 Å². The Morgan fingerprint density at radius 3 is 1.79 bits per heavy atom. The van der Waals surface area contributed by atoms with Crippen LogP contribution in [0.5, 0.6) is 0 Å². The van der Waals surface area contributed by atoms with Gasteiger partial charge in [-0.3, -0.25) is 0 Å². The number of para-hydroxylation sites is 3. The van der Waals surface area contributed by atoms with Crippen molar-refractivity contribution in [2.75, 3.05) is 0 Å². The maximum absolute atomic E-state index is 5.42. The number of fused-ring (bicyclic) bond motifs is 9. The number of hydrogen-bond acceptors (Lipinski definition) is 1. The zero-order valence-corrected chi connectivity index (χ0v) is 31.5. The molecule has 1 aliphatic rings. The molecule has 0 spiro atoms. The third kappa shape index (κ3) is 5.05. The van der Waals surface area contributed by atoms with Gasteiger partial charge in [-0.25, -0.2) is 0 Å². The highest BCUT2D eigenvalue weighted by atomic mass is 15.1. The SMILES string of the molecule is c1ccc(C2=Nc3ccc4ccccc4c3C(c3cccc(-n4c5ccccc5c5ccc(-c6ccc7c(c6)c6ccccc6n7-c6ccccc6)cc54)c3)[N-]2)cc1. The first-order valence-electron chi connectivity index (χ1n) is 19.9. The molecule has 0 saturated carbocycles. The van der Waals surface area contributed by atoms with Gasteiger partial charge in [0.15, 0.2) is 0 Å². The normalized spacial score (nSPS) is 13.9. The summed E-state index contributed by atoms with van der Waals surface area (Å²) in [4.78, 5) is 5.13. The predicted molar refractivity (Wildman–Crippen MR) is 242 cm³/mol. The Morgan fingerprint density at radius 2 is 0.983 bits per heavy atom. The monoisotopic (exact) mass is 739 g/mol. The standard InChI is InChI=1S/C54H35N4/c1-3-15-36(16-4-1)54-55-47-30-27-35-14-7-8-21-42(35)52(47)53(56-54)39-17-13-20-41(32-39)58-48-24-11-9-22-43(48)45-29-26-38(34-51(45)58)37-28-31-50-46(33-37)44-23-10-12-25-49(44)57(50)40-18-5-2-6-19-40/h1-34,53H/q-1. The third-order valence-electron chi connectivity index (χ3n) is 11.9. The summed E-state index contributed by atoms with van der Waals surface area (Å²) in [6, 6.07) is 74.0. The van der Waals surface area contributed by atoms with Crippen LogP contribution in [0.25, 0.3) is 82.2 Å². The number of benzene rings is 9. The number of nitrogens with zero attached hydrogens (tertiary/aromatic N) is 4. The molecule has 9 aromatic carbocycles. The van der Waals surface area contributed by atoms with Gasteiger partial charge in [0, 0.05) is 39.0 Å². The van der Waals surface area contributed by atoms with Crippen LogP contribution in [0.15, 0.2) is 211 Å². The summed E-state index contributed by atoms with van der Waals surface area (Å²) in [5, 5.41) is 12.7. The van der Waals surface area contributed by atoms with E-state index in [1.807, 2.05) is 6.07 Å². The summed E-state index contributed by atoms with van der Waals surface area (Å²) in [6.07, 6.45) is 0. The van der Waals surface area contributed by atoms with Crippen LogP contribution in [-0.2, 0) is 0 Å². The summed E-state index contributed by atoms with van der Waals surface area (Å²) in [5.74, 6) is 0.754. The first kappa shape index (κ1) is 32.5. The highest BCUT2D eigenvalue weighted by Crippen LogP contribution is 2.46. The fourth-order valence-electron chi connectivity index (χ4n) is 9.24. The molecule has 1 atom stereocenters. The predicted octanol–water partition coefficient (Wildman–Crippen LogP) is 14.3. The van der Waals surface area contributed by atoms with Crippen molar-refractivity contribution < 1.29 is 0 Å². The molecule has 0 amide bonds. The quantitative estimate of drug-likeness (QED) is 0.169. The Bertz CT molecular complexity index is 3430. The van der Waals surface area contributed by atoms with Crippen LogP contribution in [0.2, 0.25) is 0 Å². The molecule has 0 saturated heterocycles. The minimum absolute atomic E-state index is 0.234. The lowest BCUT2D eigenvalue weighted by Gasteiger charge is -2.37. The Kier molecular flexibility index (Phi) is 7.26. The second kappa shape index (κ2) is 12.9. The summed E-state index contributed by atoms with van der Waals surface area (Å²) in [5.41, 5.74) is 13.6. The smallest absolute Gasteiger partial charge is 0.0547 e. The number of aromatic nitrogens is 2. The average molecular weight is 740 g/mol. The minimum atomic E-state index is -0.234. The number of hydrogen-bond donors (Lipinski definition) is 0. The number of amidine groups is 1. The summed E-state index contributed by atoms with van der Waals surface area (Å²) in [6.45, 7) is 0. The van der Waals surface area contributed by atoms with Crippen molar-refractivity contribution in [1.29, 1.82) is 0 Å². The van der Waals surface area contributed by atoms with E-state index in [1.54, 1.807) is 0 Å². The molecule has 4 heteroatoms. The Morgan fingerprint density at radius 1 is 0.379 bits per heavy atom. The lowest BCUT2D eigenvalue weighted by molar-refractivity contribution is 0.988. The van der Waals surface area contributed by atoms with Gasteiger partial charge in [-0.2, -0.15) is 0 Å². The summed E-state index contributed by atoms with van der Waals surface area (Å²) >= 11 is 0. The molecule has 11 aromatic rings. The molecule has 0 radical (unpaired) electrons. The van der Waals surface area contributed by atoms with Gasteiger partial charge in [0.25, 0.3) is 0 Å². The van der Waals surface area contributed by atoms with Crippen molar-refractivity contribution in [3.63, 3.8) is 0 Å². The molecule has 1 unspecified atom stereocenters. The molecule has 0 N–H and O–H groups in total. The van der Waals surface area contributed by atoms with Gasteiger partial charge in [0.2, 0.25) is 0 Å². The Balaban J connectivity index is 1.03. The van der Waals surface area contributed by atoms with Gasteiger partial charge in [0.05, 0.1) is 22.1 Å². The first-order valence-corrected chi connectivity index (χ1v) is 19.9. The van der Waals surface area contributed by atoms with Gasteiger partial charge in [-0.05, 0) is 98.9 Å². The zero-order chi connectivity index (χ0) is 38.2. The zero-order valence-electron chi connectivity index (χ0n) is 31.5. The summed E-state index contributed by atoms with van der Waals surface area (Å²) < 4.78 is 4.80. The number of aliphatic imine (C=N–C) groups is 1. The van der Waals surface area contributed by atoms with E-state index in [9.17, 15) is 0 Å². The van der Waals surface area contributed by atoms with Gasteiger partial charge in [0.1, 0.15) is 0 Å². The molecule has 0 fully saturated rings. The lowest BCUT2D eigenvalue weighted by Crippen LogP contribution is -2.13. The van der Waals surface area contributed by atoms with Crippen LogP contribution < -0.4 is 0 Å². The summed E-state index contributed by atoms with van der Waals surface area (Å²) in [7, 11) is 0. The second-order valence-corrected chi connectivity index (χ2v) is 15.2. The minimum Gasteiger partial charge on any atom is -0.453 e. The van der Waals surface area contributed by atoms with E-state index in [0.717, 1.165) is 39.6 Å². The third-order valence-corrected chi connectivity index (χ3v) is 11.9. The van der Waals surface area contributed by atoms with E-state index in [2.05, 4.69) is 209 Å². The molecule has 0 aliphatic carbocycles. The fourth-order valence-corrected chi connectivity index (χ4v) is 9.24. The molecular formula is C54H35N4-. The lowest BCUT2D eigenvalue weighted by atomic mass is 9.90.